The molecule has 0 aliphatic carbocycles. The average Bonchev–Trinajstić information content (AvgIpc) is 2.49. The van der Waals surface area contributed by atoms with E-state index < -0.39 is 0 Å². The fraction of sp³-hybridized carbons (Fsp3) is 0.143. The van der Waals surface area contributed by atoms with E-state index >= 15 is 0 Å². The number of pyridine rings is 1. The Hall–Kier alpha value is -2.15. The van der Waals surface area contributed by atoms with Crippen molar-refractivity contribution in [2.24, 2.45) is 5.84 Å². The largest absolute Gasteiger partial charge is 0.380 e. The minimum Gasteiger partial charge on any atom is -0.380 e. The summed E-state index contributed by atoms with van der Waals surface area (Å²) in [6, 6.07) is 8.90. The normalized spacial score (nSPS) is 10.2. The highest BCUT2D eigenvalue weighted by molar-refractivity contribution is 6.33. The van der Waals surface area contributed by atoms with Crippen LogP contribution in [0.15, 0.2) is 36.5 Å². The number of carbonyl (C=O) groups excluding carboxylic acids is 1. The summed E-state index contributed by atoms with van der Waals surface area (Å²) in [4.78, 5) is 16.2. The number of amides is 1. The van der Waals surface area contributed by atoms with Crippen molar-refractivity contribution in [2.75, 3.05) is 17.9 Å². The molecular weight excluding hydrogens is 292 g/mol. The second-order valence-corrected chi connectivity index (χ2v) is 4.65. The first-order valence-corrected chi connectivity index (χ1v) is 6.54. The van der Waals surface area contributed by atoms with Gasteiger partial charge < -0.3 is 15.5 Å². The molecule has 1 aromatic heterocycles. The van der Waals surface area contributed by atoms with Crippen LogP contribution in [0.5, 0.6) is 0 Å². The molecule has 110 valence electrons. The molecule has 7 heteroatoms. The lowest BCUT2D eigenvalue weighted by atomic mass is 10.1. The second-order valence-electron chi connectivity index (χ2n) is 4.24. The number of ether oxygens (including phenoxy) is 1. The molecular formula is C14H15ClN4O2. The lowest BCUT2D eigenvalue weighted by Crippen LogP contribution is -2.15. The molecule has 4 N–H and O–H groups in total. The molecule has 1 amide bonds. The second kappa shape index (κ2) is 7.03. The van der Waals surface area contributed by atoms with E-state index in [2.05, 4.69) is 15.7 Å². The molecule has 0 saturated carbocycles. The van der Waals surface area contributed by atoms with Crippen molar-refractivity contribution in [2.45, 2.75) is 6.61 Å². The molecule has 0 fully saturated rings. The number of methoxy groups -OCH3 is 1. The van der Waals surface area contributed by atoms with Gasteiger partial charge in [-0.3, -0.25) is 4.79 Å². The Morgan fingerprint density at radius 1 is 1.43 bits per heavy atom. The van der Waals surface area contributed by atoms with Gasteiger partial charge in [-0.05, 0) is 12.1 Å². The van der Waals surface area contributed by atoms with Crippen LogP contribution >= 0.6 is 11.6 Å². The van der Waals surface area contributed by atoms with Crippen molar-refractivity contribution < 1.29 is 9.53 Å². The maximum absolute atomic E-state index is 12.2. The summed E-state index contributed by atoms with van der Waals surface area (Å²) in [5.74, 6) is 5.25. The van der Waals surface area contributed by atoms with E-state index in [1.807, 2.05) is 18.2 Å². The molecule has 1 heterocycles. The number of hydrogen-bond acceptors (Lipinski definition) is 5. The Labute approximate surface area is 127 Å². The quantitative estimate of drug-likeness (QED) is 0.583. The number of para-hydroxylation sites is 1. The number of nitrogen functional groups attached to an aromatic ring is 1. The van der Waals surface area contributed by atoms with E-state index in [0.717, 1.165) is 5.56 Å². The van der Waals surface area contributed by atoms with Crippen LogP contribution in [0.25, 0.3) is 0 Å². The SMILES string of the molecule is COCc1ccccc1NC(=O)c1cnc(NN)c(Cl)c1. The molecule has 0 saturated heterocycles. The number of halogens is 1. The molecule has 0 unspecified atom stereocenters. The summed E-state index contributed by atoms with van der Waals surface area (Å²) in [6.45, 7) is 0.408. The van der Waals surface area contributed by atoms with E-state index in [-0.39, 0.29) is 10.9 Å². The molecule has 0 spiro atoms. The summed E-state index contributed by atoms with van der Waals surface area (Å²) in [6.07, 6.45) is 1.40. The van der Waals surface area contributed by atoms with E-state index in [9.17, 15) is 4.79 Å². The van der Waals surface area contributed by atoms with Crippen molar-refractivity contribution in [3.8, 4) is 0 Å². The van der Waals surface area contributed by atoms with Crippen LogP contribution in [0.3, 0.4) is 0 Å². The summed E-state index contributed by atoms with van der Waals surface area (Å²) >= 11 is 5.95. The third-order valence-corrected chi connectivity index (χ3v) is 3.09. The Morgan fingerprint density at radius 3 is 2.86 bits per heavy atom. The number of nitrogens with two attached hydrogens (primary N) is 1. The van der Waals surface area contributed by atoms with Crippen LogP contribution in [0, 0.1) is 0 Å². The molecule has 0 radical (unpaired) electrons. The lowest BCUT2D eigenvalue weighted by Gasteiger charge is -2.11. The molecule has 2 rings (SSSR count). The van der Waals surface area contributed by atoms with E-state index in [4.69, 9.17) is 22.2 Å². The standard InChI is InChI=1S/C14H15ClN4O2/c1-21-8-9-4-2-3-5-12(9)18-14(20)10-6-11(15)13(19-16)17-7-10/h2-7H,8,16H2,1H3,(H,17,19)(H,18,20). The topological polar surface area (TPSA) is 89.3 Å². The first kappa shape index (κ1) is 15.2. The predicted octanol–water partition coefficient (Wildman–Crippen LogP) is 2.42. The van der Waals surface area contributed by atoms with Gasteiger partial charge in [-0.2, -0.15) is 0 Å². The summed E-state index contributed by atoms with van der Waals surface area (Å²) in [5, 5.41) is 3.08. The van der Waals surface area contributed by atoms with Gasteiger partial charge in [0.15, 0.2) is 5.82 Å². The molecule has 0 aliphatic rings. The minimum absolute atomic E-state index is 0.273. The molecule has 0 aliphatic heterocycles. The summed E-state index contributed by atoms with van der Waals surface area (Å²) in [5.41, 5.74) is 4.25. The van der Waals surface area contributed by atoms with Crippen molar-refractivity contribution in [3.05, 3.63) is 52.7 Å². The molecule has 0 bridgehead atoms. The Kier molecular flexibility index (Phi) is 5.10. The number of nitrogens with zero attached hydrogens (tertiary/aromatic N) is 1. The number of anilines is 2. The lowest BCUT2D eigenvalue weighted by molar-refractivity contribution is 0.102. The van der Waals surface area contributed by atoms with Crippen molar-refractivity contribution in [1.82, 2.24) is 4.98 Å². The number of aromatic nitrogens is 1. The van der Waals surface area contributed by atoms with Crippen LogP contribution in [-0.4, -0.2) is 18.0 Å². The van der Waals surface area contributed by atoms with Crippen molar-refractivity contribution in [1.29, 1.82) is 0 Å². The maximum Gasteiger partial charge on any atom is 0.257 e. The number of rotatable bonds is 5. The van der Waals surface area contributed by atoms with Gasteiger partial charge in [0.2, 0.25) is 0 Å². The van der Waals surface area contributed by atoms with Crippen LogP contribution < -0.4 is 16.6 Å². The highest BCUT2D eigenvalue weighted by Gasteiger charge is 2.11. The number of hydrazine groups is 1. The predicted molar refractivity (Wildman–Crippen MR) is 82.2 cm³/mol. The minimum atomic E-state index is -0.309. The molecule has 0 atom stereocenters. The van der Waals surface area contributed by atoms with Crippen LogP contribution in [-0.2, 0) is 11.3 Å². The monoisotopic (exact) mass is 306 g/mol. The Bertz CT molecular complexity index is 649. The van der Waals surface area contributed by atoms with Gasteiger partial charge in [0, 0.05) is 24.6 Å². The van der Waals surface area contributed by atoms with Crippen molar-refractivity contribution in [3.63, 3.8) is 0 Å². The fourth-order valence-corrected chi connectivity index (χ4v) is 2.01. The van der Waals surface area contributed by atoms with Crippen LogP contribution in [0.1, 0.15) is 15.9 Å². The molecule has 6 nitrogen and oxygen atoms in total. The zero-order valence-corrected chi connectivity index (χ0v) is 12.1. The third kappa shape index (κ3) is 3.69. The van der Waals surface area contributed by atoms with Gasteiger partial charge in [0.1, 0.15) is 0 Å². The molecule has 21 heavy (non-hydrogen) atoms. The third-order valence-electron chi connectivity index (χ3n) is 2.81. The van der Waals surface area contributed by atoms with E-state index in [1.165, 1.54) is 12.3 Å². The molecule has 2 aromatic rings. The van der Waals surface area contributed by atoms with Gasteiger partial charge in [-0.25, -0.2) is 10.8 Å². The summed E-state index contributed by atoms with van der Waals surface area (Å²) in [7, 11) is 1.60. The average molecular weight is 307 g/mol. The zero-order valence-electron chi connectivity index (χ0n) is 11.4. The van der Waals surface area contributed by atoms with Gasteiger partial charge in [0.05, 0.1) is 17.2 Å². The maximum atomic E-state index is 12.2. The number of benzene rings is 1. The van der Waals surface area contributed by atoms with Gasteiger partial charge in [-0.15, -0.1) is 0 Å². The van der Waals surface area contributed by atoms with E-state index in [1.54, 1.807) is 13.2 Å². The number of carbonyl (C=O) groups is 1. The Balaban J connectivity index is 2.20. The van der Waals surface area contributed by atoms with Gasteiger partial charge >= 0.3 is 0 Å². The van der Waals surface area contributed by atoms with Gasteiger partial charge in [-0.1, -0.05) is 29.8 Å². The van der Waals surface area contributed by atoms with Gasteiger partial charge in [0.25, 0.3) is 5.91 Å². The Morgan fingerprint density at radius 2 is 2.19 bits per heavy atom. The van der Waals surface area contributed by atoms with Crippen LogP contribution in [0.2, 0.25) is 5.02 Å². The fourth-order valence-electron chi connectivity index (χ4n) is 1.79. The molecule has 1 aromatic carbocycles. The number of nitrogens with one attached hydrogen (secondary N) is 2. The number of hydrogen-bond donors (Lipinski definition) is 3. The zero-order chi connectivity index (χ0) is 15.2. The summed E-state index contributed by atoms with van der Waals surface area (Å²) < 4.78 is 5.10. The van der Waals surface area contributed by atoms with Crippen LogP contribution in [0.4, 0.5) is 11.5 Å². The first-order chi connectivity index (χ1) is 10.2. The van der Waals surface area contributed by atoms with E-state index in [0.29, 0.717) is 23.7 Å². The first-order valence-electron chi connectivity index (χ1n) is 6.16. The highest BCUT2D eigenvalue weighted by atomic mass is 35.5. The smallest absolute Gasteiger partial charge is 0.257 e. The van der Waals surface area contributed by atoms with Crippen molar-refractivity contribution >= 4 is 29.0 Å². The highest BCUT2D eigenvalue weighted by Crippen LogP contribution is 2.21.